The van der Waals surface area contributed by atoms with Crippen LogP contribution in [0.5, 0.6) is 0 Å². The monoisotopic (exact) mass is 256 g/mol. The summed E-state index contributed by atoms with van der Waals surface area (Å²) in [7, 11) is 0. The van der Waals surface area contributed by atoms with Crippen LogP contribution in [0.1, 0.15) is 27.7 Å². The van der Waals surface area contributed by atoms with Gasteiger partial charge >= 0.3 is 5.97 Å². The first kappa shape index (κ1) is 16.1. The van der Waals surface area contributed by atoms with Crippen LogP contribution in [0.3, 0.4) is 0 Å². The SMILES string of the molecule is CC(C(=O)O)=C(C)C(=O)NCC(=O)NCC(C)C. The standard InChI is InChI=1S/C12H20N2O4/c1-7(2)5-13-10(15)6-14-11(16)8(3)9(4)12(17)18/h7H,5-6H2,1-4H3,(H,13,15)(H,14,16)(H,17,18). The molecule has 0 unspecified atom stereocenters. The second-order valence-corrected chi connectivity index (χ2v) is 4.44. The van der Waals surface area contributed by atoms with Gasteiger partial charge in [-0.2, -0.15) is 0 Å². The molecule has 0 heterocycles. The Labute approximate surface area is 106 Å². The van der Waals surface area contributed by atoms with E-state index < -0.39 is 11.9 Å². The molecule has 0 saturated heterocycles. The number of aliphatic carboxylic acids is 1. The van der Waals surface area contributed by atoms with Crippen molar-refractivity contribution in [2.75, 3.05) is 13.1 Å². The van der Waals surface area contributed by atoms with Crippen molar-refractivity contribution in [3.05, 3.63) is 11.1 Å². The van der Waals surface area contributed by atoms with Gasteiger partial charge in [0.2, 0.25) is 11.8 Å². The molecular formula is C12H20N2O4. The molecule has 2 amide bonds. The van der Waals surface area contributed by atoms with E-state index in [9.17, 15) is 14.4 Å². The maximum atomic E-state index is 11.5. The summed E-state index contributed by atoms with van der Waals surface area (Å²) < 4.78 is 0. The Kier molecular flexibility index (Phi) is 6.70. The summed E-state index contributed by atoms with van der Waals surface area (Å²) in [6.07, 6.45) is 0. The molecule has 6 nitrogen and oxygen atoms in total. The smallest absolute Gasteiger partial charge is 0.331 e. The summed E-state index contributed by atoms with van der Waals surface area (Å²) in [4.78, 5) is 33.5. The number of carboxylic acids is 1. The minimum atomic E-state index is -1.15. The third kappa shape index (κ3) is 6.03. The number of hydrogen-bond donors (Lipinski definition) is 3. The normalized spacial score (nSPS) is 11.8. The van der Waals surface area contributed by atoms with Gasteiger partial charge < -0.3 is 15.7 Å². The molecule has 102 valence electrons. The van der Waals surface area contributed by atoms with Crippen LogP contribution < -0.4 is 10.6 Å². The molecule has 0 aliphatic heterocycles. The van der Waals surface area contributed by atoms with Gasteiger partial charge in [0.25, 0.3) is 0 Å². The largest absolute Gasteiger partial charge is 0.478 e. The van der Waals surface area contributed by atoms with Crippen molar-refractivity contribution in [2.24, 2.45) is 5.92 Å². The van der Waals surface area contributed by atoms with E-state index in [1.807, 2.05) is 13.8 Å². The summed E-state index contributed by atoms with van der Waals surface area (Å²) in [5.74, 6) is -1.65. The maximum absolute atomic E-state index is 11.5. The van der Waals surface area contributed by atoms with E-state index in [0.717, 1.165) is 0 Å². The van der Waals surface area contributed by atoms with Gasteiger partial charge in [0.1, 0.15) is 0 Å². The van der Waals surface area contributed by atoms with E-state index >= 15 is 0 Å². The third-order valence-electron chi connectivity index (χ3n) is 2.34. The molecule has 0 aromatic carbocycles. The van der Waals surface area contributed by atoms with Gasteiger partial charge in [-0.1, -0.05) is 13.8 Å². The minimum absolute atomic E-state index is 0.0323. The van der Waals surface area contributed by atoms with Gasteiger partial charge in [-0.3, -0.25) is 9.59 Å². The molecule has 0 aliphatic carbocycles. The zero-order valence-electron chi connectivity index (χ0n) is 11.2. The van der Waals surface area contributed by atoms with Crippen molar-refractivity contribution in [1.29, 1.82) is 0 Å². The van der Waals surface area contributed by atoms with E-state index in [-0.39, 0.29) is 23.6 Å². The first-order valence-electron chi connectivity index (χ1n) is 5.71. The topological polar surface area (TPSA) is 95.5 Å². The highest BCUT2D eigenvalue weighted by Gasteiger charge is 2.13. The van der Waals surface area contributed by atoms with Crippen molar-refractivity contribution in [2.45, 2.75) is 27.7 Å². The Morgan fingerprint density at radius 1 is 1.06 bits per heavy atom. The van der Waals surface area contributed by atoms with E-state index in [4.69, 9.17) is 5.11 Å². The van der Waals surface area contributed by atoms with Gasteiger partial charge in [-0.25, -0.2) is 4.79 Å². The van der Waals surface area contributed by atoms with Crippen LogP contribution in [0.4, 0.5) is 0 Å². The van der Waals surface area contributed by atoms with Crippen molar-refractivity contribution in [1.82, 2.24) is 10.6 Å². The van der Waals surface area contributed by atoms with Gasteiger partial charge in [-0.15, -0.1) is 0 Å². The first-order valence-corrected chi connectivity index (χ1v) is 5.71. The number of amides is 2. The highest BCUT2D eigenvalue weighted by atomic mass is 16.4. The lowest BCUT2D eigenvalue weighted by Crippen LogP contribution is -2.38. The van der Waals surface area contributed by atoms with E-state index in [1.165, 1.54) is 13.8 Å². The Morgan fingerprint density at radius 2 is 1.61 bits per heavy atom. The summed E-state index contributed by atoms with van der Waals surface area (Å²) >= 11 is 0. The summed E-state index contributed by atoms with van der Waals surface area (Å²) in [6, 6.07) is 0. The fraction of sp³-hybridized carbons (Fsp3) is 0.583. The van der Waals surface area contributed by atoms with Crippen LogP contribution in [0.2, 0.25) is 0 Å². The van der Waals surface area contributed by atoms with Crippen molar-refractivity contribution in [3.8, 4) is 0 Å². The molecule has 0 aromatic heterocycles. The second-order valence-electron chi connectivity index (χ2n) is 4.44. The number of hydrogen-bond acceptors (Lipinski definition) is 3. The van der Waals surface area contributed by atoms with Crippen LogP contribution in [-0.2, 0) is 14.4 Å². The average Bonchev–Trinajstić information content (AvgIpc) is 2.31. The first-order chi connectivity index (χ1) is 8.25. The molecule has 0 saturated carbocycles. The zero-order valence-corrected chi connectivity index (χ0v) is 11.2. The summed E-state index contributed by atoms with van der Waals surface area (Å²) in [6.45, 7) is 7.05. The second kappa shape index (κ2) is 7.47. The molecule has 18 heavy (non-hydrogen) atoms. The van der Waals surface area contributed by atoms with Crippen molar-refractivity contribution >= 4 is 17.8 Å². The minimum Gasteiger partial charge on any atom is -0.478 e. The van der Waals surface area contributed by atoms with E-state index in [1.54, 1.807) is 0 Å². The van der Waals surface area contributed by atoms with Crippen molar-refractivity contribution < 1.29 is 19.5 Å². The van der Waals surface area contributed by atoms with Crippen LogP contribution >= 0.6 is 0 Å². The Hall–Kier alpha value is -1.85. The van der Waals surface area contributed by atoms with Gasteiger partial charge in [0.05, 0.1) is 6.54 Å². The number of nitrogens with one attached hydrogen (secondary N) is 2. The number of carboxylic acid groups (broad SMARTS) is 1. The highest BCUT2D eigenvalue weighted by Crippen LogP contribution is 2.02. The molecule has 0 atom stereocenters. The third-order valence-corrected chi connectivity index (χ3v) is 2.34. The molecule has 0 fully saturated rings. The lowest BCUT2D eigenvalue weighted by atomic mass is 10.1. The number of rotatable bonds is 6. The van der Waals surface area contributed by atoms with Gasteiger partial charge in [-0.05, 0) is 19.8 Å². The molecule has 0 radical (unpaired) electrons. The molecule has 0 rings (SSSR count). The molecule has 3 N–H and O–H groups in total. The van der Waals surface area contributed by atoms with Gasteiger partial charge in [0, 0.05) is 17.7 Å². The highest BCUT2D eigenvalue weighted by molar-refractivity contribution is 6.02. The number of carbonyl (C=O) groups excluding carboxylic acids is 2. The van der Waals surface area contributed by atoms with Crippen LogP contribution in [0.15, 0.2) is 11.1 Å². The Morgan fingerprint density at radius 3 is 2.06 bits per heavy atom. The van der Waals surface area contributed by atoms with Crippen LogP contribution in [-0.4, -0.2) is 36.0 Å². The lowest BCUT2D eigenvalue weighted by Gasteiger charge is -2.09. The summed E-state index contributed by atoms with van der Waals surface area (Å²) in [5.41, 5.74) is 0.0641. The fourth-order valence-electron chi connectivity index (χ4n) is 1.00. The molecule has 0 spiro atoms. The van der Waals surface area contributed by atoms with Crippen LogP contribution in [0, 0.1) is 5.92 Å². The molecule has 0 aromatic rings. The molecular weight excluding hydrogens is 236 g/mol. The summed E-state index contributed by atoms with van der Waals surface area (Å²) in [5, 5.41) is 13.7. The predicted octanol–water partition coefficient (Wildman–Crippen LogP) is 0.296. The van der Waals surface area contributed by atoms with Gasteiger partial charge in [0.15, 0.2) is 0 Å². The predicted molar refractivity (Wildman–Crippen MR) is 66.9 cm³/mol. The number of carbonyl (C=O) groups is 3. The quantitative estimate of drug-likeness (QED) is 0.595. The Balaban J connectivity index is 4.23. The van der Waals surface area contributed by atoms with E-state index in [0.29, 0.717) is 12.5 Å². The maximum Gasteiger partial charge on any atom is 0.331 e. The lowest BCUT2D eigenvalue weighted by molar-refractivity contribution is -0.133. The Bertz CT molecular complexity index is 372. The van der Waals surface area contributed by atoms with Crippen molar-refractivity contribution in [3.63, 3.8) is 0 Å². The zero-order chi connectivity index (χ0) is 14.3. The molecule has 0 aliphatic rings. The molecule has 6 heteroatoms. The van der Waals surface area contributed by atoms with Crippen LogP contribution in [0.25, 0.3) is 0 Å². The fourth-order valence-corrected chi connectivity index (χ4v) is 1.00. The van der Waals surface area contributed by atoms with E-state index in [2.05, 4.69) is 10.6 Å². The average molecular weight is 256 g/mol. The molecule has 0 bridgehead atoms.